The van der Waals surface area contributed by atoms with E-state index in [-0.39, 0.29) is 11.8 Å². The standard InChI is InChI=1S/C18H17BrN4O3/c19-11-3-1-6-14(9-11)23-8-7-15(17(23)25)16(24)21-12-4-2-5-13(10-12)22-18(20)26/h1-6,9-10,15H,7-8H2,(H,21,24)(H3,20,22,26). The average molecular weight is 417 g/mol. The van der Waals surface area contributed by atoms with E-state index in [4.69, 9.17) is 5.73 Å². The number of hydrogen-bond donors (Lipinski definition) is 3. The van der Waals surface area contributed by atoms with Crippen molar-refractivity contribution in [1.82, 2.24) is 0 Å². The van der Waals surface area contributed by atoms with E-state index < -0.39 is 11.9 Å². The number of rotatable bonds is 4. The van der Waals surface area contributed by atoms with E-state index in [1.807, 2.05) is 24.3 Å². The van der Waals surface area contributed by atoms with Gasteiger partial charge >= 0.3 is 6.03 Å². The summed E-state index contributed by atoms with van der Waals surface area (Å²) in [4.78, 5) is 37.7. The topological polar surface area (TPSA) is 105 Å². The van der Waals surface area contributed by atoms with Crippen molar-refractivity contribution in [3.05, 3.63) is 53.0 Å². The normalized spacial score (nSPS) is 16.4. The zero-order chi connectivity index (χ0) is 18.7. The fourth-order valence-corrected chi connectivity index (χ4v) is 3.26. The van der Waals surface area contributed by atoms with Crippen molar-refractivity contribution in [3.63, 3.8) is 0 Å². The zero-order valence-electron chi connectivity index (χ0n) is 13.7. The van der Waals surface area contributed by atoms with E-state index >= 15 is 0 Å². The Morgan fingerprint density at radius 1 is 1.08 bits per heavy atom. The van der Waals surface area contributed by atoms with Crippen LogP contribution in [-0.2, 0) is 9.59 Å². The van der Waals surface area contributed by atoms with E-state index in [2.05, 4.69) is 26.6 Å². The van der Waals surface area contributed by atoms with Gasteiger partial charge in [-0.1, -0.05) is 28.1 Å². The van der Waals surface area contributed by atoms with Crippen LogP contribution in [0.5, 0.6) is 0 Å². The molecule has 0 aromatic heterocycles. The van der Waals surface area contributed by atoms with E-state index in [1.54, 1.807) is 29.2 Å². The number of benzene rings is 2. The monoisotopic (exact) mass is 416 g/mol. The summed E-state index contributed by atoms with van der Waals surface area (Å²) in [5.41, 5.74) is 6.78. The van der Waals surface area contributed by atoms with Gasteiger partial charge in [-0.05, 0) is 42.8 Å². The summed E-state index contributed by atoms with van der Waals surface area (Å²) in [7, 11) is 0. The fraction of sp³-hybridized carbons (Fsp3) is 0.167. The predicted octanol–water partition coefficient (Wildman–Crippen LogP) is 2.93. The molecule has 0 aliphatic carbocycles. The maximum Gasteiger partial charge on any atom is 0.316 e. The maximum absolute atomic E-state index is 12.6. The van der Waals surface area contributed by atoms with Crippen LogP contribution in [-0.4, -0.2) is 24.4 Å². The molecule has 2 aromatic carbocycles. The third-order valence-corrected chi connectivity index (χ3v) is 4.53. The average Bonchev–Trinajstić information content (AvgIpc) is 2.96. The van der Waals surface area contributed by atoms with Gasteiger partial charge in [-0.3, -0.25) is 9.59 Å². The lowest BCUT2D eigenvalue weighted by Gasteiger charge is -2.17. The molecule has 1 atom stereocenters. The Kier molecular flexibility index (Phi) is 5.22. The second-order valence-corrected chi connectivity index (χ2v) is 6.79. The number of halogens is 1. The van der Waals surface area contributed by atoms with Crippen LogP contribution in [0.25, 0.3) is 0 Å². The van der Waals surface area contributed by atoms with Crippen molar-refractivity contribution in [2.75, 3.05) is 22.1 Å². The second-order valence-electron chi connectivity index (χ2n) is 5.87. The molecule has 7 nitrogen and oxygen atoms in total. The summed E-state index contributed by atoms with van der Waals surface area (Å²) in [5.74, 6) is -1.35. The summed E-state index contributed by atoms with van der Waals surface area (Å²) >= 11 is 3.39. The first kappa shape index (κ1) is 17.9. The summed E-state index contributed by atoms with van der Waals surface area (Å²) < 4.78 is 0.870. The maximum atomic E-state index is 12.6. The number of primary amides is 1. The van der Waals surface area contributed by atoms with Gasteiger partial charge in [-0.25, -0.2) is 4.79 Å². The third kappa shape index (κ3) is 4.02. The molecule has 3 rings (SSSR count). The molecule has 1 aliphatic heterocycles. The van der Waals surface area contributed by atoms with Gasteiger partial charge < -0.3 is 21.3 Å². The van der Waals surface area contributed by atoms with Crippen molar-refractivity contribution in [2.45, 2.75) is 6.42 Å². The molecule has 2 aromatic rings. The van der Waals surface area contributed by atoms with Crippen LogP contribution >= 0.6 is 15.9 Å². The van der Waals surface area contributed by atoms with Crippen LogP contribution in [0.4, 0.5) is 21.9 Å². The van der Waals surface area contributed by atoms with Gasteiger partial charge in [-0.15, -0.1) is 0 Å². The lowest BCUT2D eigenvalue weighted by molar-refractivity contribution is -0.129. The number of amides is 4. The number of hydrogen-bond acceptors (Lipinski definition) is 3. The third-order valence-electron chi connectivity index (χ3n) is 4.04. The second kappa shape index (κ2) is 7.57. The Balaban J connectivity index is 1.69. The molecule has 1 saturated heterocycles. The molecule has 0 spiro atoms. The quantitative estimate of drug-likeness (QED) is 0.667. The molecule has 4 N–H and O–H groups in total. The largest absolute Gasteiger partial charge is 0.351 e. The number of nitrogens with zero attached hydrogens (tertiary/aromatic N) is 1. The van der Waals surface area contributed by atoms with Crippen molar-refractivity contribution >= 4 is 50.8 Å². The molecule has 0 saturated carbocycles. The molecule has 1 unspecified atom stereocenters. The summed E-state index contributed by atoms with van der Waals surface area (Å²) in [6.07, 6.45) is 0.441. The lowest BCUT2D eigenvalue weighted by atomic mass is 10.1. The highest BCUT2D eigenvalue weighted by molar-refractivity contribution is 9.10. The van der Waals surface area contributed by atoms with E-state index in [1.165, 1.54) is 0 Å². The zero-order valence-corrected chi connectivity index (χ0v) is 15.3. The highest BCUT2D eigenvalue weighted by Crippen LogP contribution is 2.28. The number of nitrogens with two attached hydrogens (primary N) is 1. The van der Waals surface area contributed by atoms with Crippen molar-refractivity contribution in [1.29, 1.82) is 0 Å². The molecular weight excluding hydrogens is 400 g/mol. The minimum atomic E-state index is -0.748. The molecular formula is C18H17BrN4O3. The van der Waals surface area contributed by atoms with E-state index in [0.717, 1.165) is 10.2 Å². The van der Waals surface area contributed by atoms with Crippen molar-refractivity contribution in [2.24, 2.45) is 11.7 Å². The fourth-order valence-electron chi connectivity index (χ4n) is 2.87. The van der Waals surface area contributed by atoms with Gasteiger partial charge in [0.15, 0.2) is 0 Å². The predicted molar refractivity (Wildman–Crippen MR) is 103 cm³/mol. The molecule has 8 heteroatoms. The van der Waals surface area contributed by atoms with Gasteiger partial charge in [0, 0.05) is 28.1 Å². The van der Waals surface area contributed by atoms with Gasteiger partial charge in [-0.2, -0.15) is 0 Å². The smallest absolute Gasteiger partial charge is 0.316 e. The number of carbonyl (C=O) groups excluding carboxylic acids is 3. The highest BCUT2D eigenvalue weighted by Gasteiger charge is 2.37. The Morgan fingerprint density at radius 2 is 1.77 bits per heavy atom. The SMILES string of the molecule is NC(=O)Nc1cccc(NC(=O)C2CCN(c3cccc(Br)c3)C2=O)c1. The van der Waals surface area contributed by atoms with E-state index in [9.17, 15) is 14.4 Å². The van der Waals surface area contributed by atoms with Crippen molar-refractivity contribution < 1.29 is 14.4 Å². The van der Waals surface area contributed by atoms with Crippen LogP contribution in [0.1, 0.15) is 6.42 Å². The summed E-state index contributed by atoms with van der Waals surface area (Å²) in [5, 5.41) is 5.16. The van der Waals surface area contributed by atoms with Gasteiger partial charge in [0.2, 0.25) is 11.8 Å². The van der Waals surface area contributed by atoms with Crippen LogP contribution in [0, 0.1) is 5.92 Å². The summed E-state index contributed by atoms with van der Waals surface area (Å²) in [6, 6.07) is 13.3. The van der Waals surface area contributed by atoms with Crippen molar-refractivity contribution in [3.8, 4) is 0 Å². The molecule has 1 heterocycles. The summed E-state index contributed by atoms with van der Waals surface area (Å²) in [6.45, 7) is 0.483. The molecule has 1 fully saturated rings. The molecule has 134 valence electrons. The Bertz CT molecular complexity index is 871. The minimum Gasteiger partial charge on any atom is -0.351 e. The van der Waals surface area contributed by atoms with Crippen LogP contribution < -0.4 is 21.3 Å². The molecule has 0 bridgehead atoms. The number of nitrogens with one attached hydrogen (secondary N) is 2. The van der Waals surface area contributed by atoms with Crippen LogP contribution in [0.15, 0.2) is 53.0 Å². The molecule has 1 aliphatic rings. The first-order valence-electron chi connectivity index (χ1n) is 7.98. The first-order valence-corrected chi connectivity index (χ1v) is 8.77. The number of urea groups is 1. The van der Waals surface area contributed by atoms with Gasteiger partial charge in [0.25, 0.3) is 0 Å². The van der Waals surface area contributed by atoms with Gasteiger partial charge in [0.05, 0.1) is 0 Å². The highest BCUT2D eigenvalue weighted by atomic mass is 79.9. The van der Waals surface area contributed by atoms with Crippen LogP contribution in [0.3, 0.4) is 0 Å². The van der Waals surface area contributed by atoms with Gasteiger partial charge in [0.1, 0.15) is 5.92 Å². The Labute approximate surface area is 158 Å². The van der Waals surface area contributed by atoms with E-state index in [0.29, 0.717) is 24.3 Å². The molecule has 0 radical (unpaired) electrons. The first-order chi connectivity index (χ1) is 12.4. The minimum absolute atomic E-state index is 0.230. The Morgan fingerprint density at radius 3 is 2.46 bits per heavy atom. The molecule has 26 heavy (non-hydrogen) atoms. The number of anilines is 3. The number of carbonyl (C=O) groups is 3. The van der Waals surface area contributed by atoms with Crippen LogP contribution in [0.2, 0.25) is 0 Å². The Hall–Kier alpha value is -2.87. The molecule has 4 amide bonds. The lowest BCUT2D eigenvalue weighted by Crippen LogP contribution is -2.33.